The lowest BCUT2D eigenvalue weighted by atomic mass is 9.99. The summed E-state index contributed by atoms with van der Waals surface area (Å²) in [5.74, 6) is 0.232. The predicted molar refractivity (Wildman–Crippen MR) is 82.9 cm³/mol. The smallest absolute Gasteiger partial charge is 0.251 e. The van der Waals surface area contributed by atoms with Crippen LogP contribution in [0.15, 0.2) is 23.1 Å². The monoisotopic (exact) mass is 310 g/mol. The van der Waals surface area contributed by atoms with Crippen LogP contribution < -0.4 is 11.1 Å². The zero-order chi connectivity index (χ0) is 15.6. The summed E-state index contributed by atoms with van der Waals surface area (Å²) in [6, 6.07) is 4.34. The second kappa shape index (κ2) is 6.05. The van der Waals surface area contributed by atoms with Crippen LogP contribution in [-0.2, 0) is 9.84 Å². The van der Waals surface area contributed by atoms with Gasteiger partial charge in [-0.3, -0.25) is 4.79 Å². The Morgan fingerprint density at radius 1 is 1.29 bits per heavy atom. The van der Waals surface area contributed by atoms with Gasteiger partial charge in [0.05, 0.1) is 4.90 Å². The third-order valence-electron chi connectivity index (χ3n) is 4.08. The third-order valence-corrected chi connectivity index (χ3v) is 5.18. The summed E-state index contributed by atoms with van der Waals surface area (Å²) in [4.78, 5) is 12.4. The number of anilines is 1. The first-order valence-electron chi connectivity index (χ1n) is 7.19. The number of carbonyl (C=O) groups is 1. The molecule has 1 aromatic carbocycles. The van der Waals surface area contributed by atoms with E-state index in [4.69, 9.17) is 5.73 Å². The molecule has 6 heteroatoms. The Kier molecular flexibility index (Phi) is 4.56. The van der Waals surface area contributed by atoms with Gasteiger partial charge in [0.1, 0.15) is 0 Å². The zero-order valence-electron chi connectivity index (χ0n) is 12.4. The molecule has 0 radical (unpaired) electrons. The van der Waals surface area contributed by atoms with E-state index in [1.54, 1.807) is 0 Å². The Bertz CT molecular complexity index is 634. The van der Waals surface area contributed by atoms with Crippen LogP contribution in [0.3, 0.4) is 0 Å². The first-order valence-corrected chi connectivity index (χ1v) is 9.08. The van der Waals surface area contributed by atoms with E-state index >= 15 is 0 Å². The minimum Gasteiger partial charge on any atom is -0.399 e. The molecule has 0 bridgehead atoms. The zero-order valence-corrected chi connectivity index (χ0v) is 13.2. The van der Waals surface area contributed by atoms with Crippen LogP contribution in [-0.4, -0.2) is 26.6 Å². The fourth-order valence-electron chi connectivity index (χ4n) is 2.83. The minimum absolute atomic E-state index is 0.0705. The highest BCUT2D eigenvalue weighted by atomic mass is 32.2. The van der Waals surface area contributed by atoms with Crippen LogP contribution >= 0.6 is 0 Å². The number of hydrogen-bond acceptors (Lipinski definition) is 4. The van der Waals surface area contributed by atoms with Crippen LogP contribution in [0.5, 0.6) is 0 Å². The normalized spacial score (nSPS) is 17.6. The fraction of sp³-hybridized carbons (Fsp3) is 0.533. The summed E-state index contributed by atoms with van der Waals surface area (Å²) in [6.45, 7) is 2.00. The van der Waals surface area contributed by atoms with Crippen molar-refractivity contribution >= 4 is 21.4 Å². The van der Waals surface area contributed by atoms with Gasteiger partial charge in [-0.25, -0.2) is 8.42 Å². The maximum absolute atomic E-state index is 12.3. The van der Waals surface area contributed by atoms with E-state index < -0.39 is 9.84 Å². The fourth-order valence-corrected chi connectivity index (χ4v) is 3.52. The average molecular weight is 310 g/mol. The highest BCUT2D eigenvalue weighted by Crippen LogP contribution is 2.27. The molecule has 116 valence electrons. The molecule has 1 aliphatic rings. The van der Waals surface area contributed by atoms with Gasteiger partial charge in [0.2, 0.25) is 0 Å². The number of benzene rings is 1. The van der Waals surface area contributed by atoms with Crippen molar-refractivity contribution in [1.29, 1.82) is 0 Å². The number of nitrogens with one attached hydrogen (secondary N) is 1. The molecular formula is C15H22N2O3S. The quantitative estimate of drug-likeness (QED) is 0.832. The van der Waals surface area contributed by atoms with E-state index in [2.05, 4.69) is 5.32 Å². The Labute approximate surface area is 125 Å². The molecule has 1 amide bonds. The molecule has 1 aromatic rings. The van der Waals surface area contributed by atoms with E-state index in [1.807, 2.05) is 6.92 Å². The highest BCUT2D eigenvalue weighted by Gasteiger charge is 2.23. The van der Waals surface area contributed by atoms with Crippen molar-refractivity contribution in [2.45, 2.75) is 43.5 Å². The lowest BCUT2D eigenvalue weighted by molar-refractivity contribution is 0.0927. The van der Waals surface area contributed by atoms with Gasteiger partial charge in [-0.05, 0) is 43.9 Å². The van der Waals surface area contributed by atoms with Gasteiger partial charge in [-0.1, -0.05) is 12.8 Å². The summed E-state index contributed by atoms with van der Waals surface area (Å²) < 4.78 is 23.2. The minimum atomic E-state index is -3.39. The van der Waals surface area contributed by atoms with Crippen molar-refractivity contribution < 1.29 is 13.2 Å². The molecule has 21 heavy (non-hydrogen) atoms. The van der Waals surface area contributed by atoms with Gasteiger partial charge in [0.15, 0.2) is 9.84 Å². The molecule has 1 unspecified atom stereocenters. The number of nitrogen functional groups attached to an aromatic ring is 1. The lowest BCUT2D eigenvalue weighted by Gasteiger charge is -2.20. The summed E-state index contributed by atoms with van der Waals surface area (Å²) in [7, 11) is -3.39. The summed E-state index contributed by atoms with van der Waals surface area (Å²) >= 11 is 0. The summed E-state index contributed by atoms with van der Waals surface area (Å²) in [5, 5.41) is 2.95. The summed E-state index contributed by atoms with van der Waals surface area (Å²) in [6.07, 6.45) is 5.79. The molecule has 0 spiro atoms. The van der Waals surface area contributed by atoms with E-state index in [-0.39, 0.29) is 22.5 Å². The number of nitrogens with two attached hydrogens (primary N) is 1. The van der Waals surface area contributed by atoms with Crippen LogP contribution in [0.4, 0.5) is 5.69 Å². The number of sulfone groups is 1. The maximum atomic E-state index is 12.3. The maximum Gasteiger partial charge on any atom is 0.251 e. The molecule has 1 saturated carbocycles. The largest absolute Gasteiger partial charge is 0.399 e. The second-order valence-corrected chi connectivity index (χ2v) is 7.89. The van der Waals surface area contributed by atoms with Gasteiger partial charge < -0.3 is 11.1 Å². The van der Waals surface area contributed by atoms with Crippen LogP contribution in [0.25, 0.3) is 0 Å². The van der Waals surface area contributed by atoms with Crippen molar-refractivity contribution in [1.82, 2.24) is 5.32 Å². The van der Waals surface area contributed by atoms with Crippen molar-refractivity contribution in [2.75, 3.05) is 12.0 Å². The predicted octanol–water partition coefficient (Wildman–Crippen LogP) is 1.98. The van der Waals surface area contributed by atoms with Crippen molar-refractivity contribution in [3.05, 3.63) is 23.8 Å². The first kappa shape index (κ1) is 15.8. The molecule has 5 nitrogen and oxygen atoms in total. The van der Waals surface area contributed by atoms with Gasteiger partial charge in [-0.2, -0.15) is 0 Å². The van der Waals surface area contributed by atoms with Crippen LogP contribution in [0, 0.1) is 5.92 Å². The van der Waals surface area contributed by atoms with Crippen LogP contribution in [0.1, 0.15) is 43.0 Å². The number of amides is 1. The number of rotatable bonds is 4. The molecule has 1 aliphatic carbocycles. The van der Waals surface area contributed by atoms with E-state index in [0.29, 0.717) is 11.5 Å². The molecule has 0 aromatic heterocycles. The Balaban J connectivity index is 2.17. The van der Waals surface area contributed by atoms with Crippen molar-refractivity contribution in [3.8, 4) is 0 Å². The molecular weight excluding hydrogens is 288 g/mol. The Morgan fingerprint density at radius 2 is 1.90 bits per heavy atom. The van der Waals surface area contributed by atoms with Crippen molar-refractivity contribution in [3.63, 3.8) is 0 Å². The molecule has 1 atom stereocenters. The summed E-state index contributed by atoms with van der Waals surface area (Å²) in [5.41, 5.74) is 6.27. The second-order valence-electron chi connectivity index (χ2n) is 5.87. The first-order chi connectivity index (χ1) is 9.77. The van der Waals surface area contributed by atoms with E-state index in [1.165, 1.54) is 31.0 Å². The lowest BCUT2D eigenvalue weighted by Crippen LogP contribution is -2.37. The highest BCUT2D eigenvalue weighted by molar-refractivity contribution is 7.90. The van der Waals surface area contributed by atoms with E-state index in [9.17, 15) is 13.2 Å². The number of carbonyl (C=O) groups excluding carboxylic acids is 1. The molecule has 1 fully saturated rings. The Hall–Kier alpha value is -1.56. The Morgan fingerprint density at radius 3 is 2.48 bits per heavy atom. The molecule has 0 aliphatic heterocycles. The third kappa shape index (κ3) is 3.97. The van der Waals surface area contributed by atoms with Crippen molar-refractivity contribution in [2.24, 2.45) is 5.92 Å². The van der Waals surface area contributed by atoms with Gasteiger partial charge >= 0.3 is 0 Å². The molecule has 3 N–H and O–H groups in total. The average Bonchev–Trinajstić information content (AvgIpc) is 2.90. The molecule has 0 saturated heterocycles. The van der Waals surface area contributed by atoms with Gasteiger partial charge in [0, 0.05) is 23.5 Å². The molecule has 0 heterocycles. The molecule has 2 rings (SSSR count). The van der Waals surface area contributed by atoms with Crippen LogP contribution in [0.2, 0.25) is 0 Å². The topological polar surface area (TPSA) is 89.3 Å². The van der Waals surface area contributed by atoms with Gasteiger partial charge in [0.25, 0.3) is 5.91 Å². The SMILES string of the molecule is CC(NC(=O)c1cc(N)cc(S(C)(=O)=O)c1)C1CCCC1. The van der Waals surface area contributed by atoms with E-state index in [0.717, 1.165) is 19.1 Å². The van der Waals surface area contributed by atoms with Gasteiger partial charge in [-0.15, -0.1) is 0 Å². The number of hydrogen-bond donors (Lipinski definition) is 2. The standard InChI is InChI=1S/C15H22N2O3S/c1-10(11-5-3-4-6-11)17-15(18)12-7-13(16)9-14(8-12)21(2,19)20/h7-11H,3-6,16H2,1-2H3,(H,17,18).